The Balaban J connectivity index is 1.47. The molecule has 1 aromatic rings. The van der Waals surface area contributed by atoms with Crippen LogP contribution in [0.25, 0.3) is 0 Å². The van der Waals surface area contributed by atoms with E-state index in [1.54, 1.807) is 11.1 Å². The summed E-state index contributed by atoms with van der Waals surface area (Å²) in [6.45, 7) is 2.35. The lowest BCUT2D eigenvalue weighted by Crippen LogP contribution is -2.35. The van der Waals surface area contributed by atoms with Crippen LogP contribution in [0, 0.1) is 11.8 Å². The minimum Gasteiger partial charge on any atom is -0.307 e. The molecule has 0 heterocycles. The van der Waals surface area contributed by atoms with Gasteiger partial charge in [0, 0.05) is 12.1 Å². The molecule has 0 aliphatic heterocycles. The Hall–Kier alpha value is -0.820. The molecule has 3 aliphatic carbocycles. The predicted molar refractivity (Wildman–Crippen MR) is 79.3 cm³/mol. The summed E-state index contributed by atoms with van der Waals surface area (Å²) in [6.07, 6.45) is 9.84. The number of aryl methyl sites for hydroxylation is 2. The van der Waals surface area contributed by atoms with E-state index in [-0.39, 0.29) is 0 Å². The van der Waals surface area contributed by atoms with Crippen molar-refractivity contribution in [3.8, 4) is 0 Å². The lowest BCUT2D eigenvalue weighted by atomic mass is 9.93. The molecule has 0 saturated heterocycles. The minimum atomic E-state index is 0.523. The molecule has 1 heteroatoms. The van der Waals surface area contributed by atoms with E-state index in [0.29, 0.717) is 6.04 Å². The van der Waals surface area contributed by atoms with Crippen molar-refractivity contribution < 1.29 is 0 Å². The summed E-state index contributed by atoms with van der Waals surface area (Å²) in [6, 6.07) is 8.51. The maximum absolute atomic E-state index is 3.92. The van der Waals surface area contributed by atoms with Gasteiger partial charge in [-0.25, -0.2) is 0 Å². The van der Waals surface area contributed by atoms with Crippen LogP contribution in [0.4, 0.5) is 0 Å². The van der Waals surface area contributed by atoms with Crippen molar-refractivity contribution in [3.63, 3.8) is 0 Å². The van der Waals surface area contributed by atoms with E-state index in [4.69, 9.17) is 0 Å². The second-order valence-electron chi connectivity index (χ2n) is 7.05. The van der Waals surface area contributed by atoms with Gasteiger partial charge in [-0.15, -0.1) is 0 Å². The third-order valence-corrected chi connectivity index (χ3v) is 5.82. The number of hydrogen-bond donors (Lipinski definition) is 1. The summed E-state index contributed by atoms with van der Waals surface area (Å²) in [5.74, 6) is 2.01. The molecule has 4 rings (SSSR count). The monoisotopic (exact) mass is 255 g/mol. The van der Waals surface area contributed by atoms with Crippen LogP contribution >= 0.6 is 0 Å². The van der Waals surface area contributed by atoms with Gasteiger partial charge >= 0.3 is 0 Å². The summed E-state index contributed by atoms with van der Waals surface area (Å²) in [4.78, 5) is 0. The molecule has 0 amide bonds. The number of benzene rings is 1. The van der Waals surface area contributed by atoms with Gasteiger partial charge < -0.3 is 5.32 Å². The van der Waals surface area contributed by atoms with Crippen molar-refractivity contribution in [2.75, 3.05) is 0 Å². The molecule has 0 aromatic heterocycles. The van der Waals surface area contributed by atoms with Gasteiger partial charge in [0.25, 0.3) is 0 Å². The fraction of sp³-hybridized carbons (Fsp3) is 0.667. The molecular formula is C18H25N. The van der Waals surface area contributed by atoms with Gasteiger partial charge in [-0.05, 0) is 74.0 Å². The Kier molecular flexibility index (Phi) is 2.91. The quantitative estimate of drug-likeness (QED) is 0.860. The summed E-state index contributed by atoms with van der Waals surface area (Å²) in [5, 5.41) is 3.92. The first-order valence-corrected chi connectivity index (χ1v) is 8.17. The number of rotatable bonds is 3. The highest BCUT2D eigenvalue weighted by molar-refractivity contribution is 5.36. The predicted octanol–water partition coefficient (Wildman–Crippen LogP) is 4.01. The topological polar surface area (TPSA) is 12.0 Å². The van der Waals surface area contributed by atoms with Gasteiger partial charge in [-0.1, -0.05) is 24.6 Å². The first-order valence-electron chi connectivity index (χ1n) is 8.17. The van der Waals surface area contributed by atoms with Gasteiger partial charge in [0.1, 0.15) is 0 Å². The van der Waals surface area contributed by atoms with Gasteiger partial charge in [0.15, 0.2) is 0 Å². The molecule has 2 bridgehead atoms. The Morgan fingerprint density at radius 3 is 2.79 bits per heavy atom. The minimum absolute atomic E-state index is 0.523. The molecule has 1 nitrogen and oxygen atoms in total. The van der Waals surface area contributed by atoms with E-state index in [9.17, 15) is 0 Å². The first kappa shape index (κ1) is 12.0. The van der Waals surface area contributed by atoms with E-state index in [1.165, 1.54) is 50.5 Å². The summed E-state index contributed by atoms with van der Waals surface area (Å²) >= 11 is 0. The molecule has 102 valence electrons. The lowest BCUT2D eigenvalue weighted by Gasteiger charge is -2.27. The Bertz CT molecular complexity index is 479. The summed E-state index contributed by atoms with van der Waals surface area (Å²) < 4.78 is 0. The molecular weight excluding hydrogens is 230 g/mol. The molecule has 0 spiro atoms. The molecule has 3 aliphatic rings. The van der Waals surface area contributed by atoms with Crippen LogP contribution in [0.2, 0.25) is 0 Å². The highest BCUT2D eigenvalue weighted by atomic mass is 15.0. The second-order valence-corrected chi connectivity index (χ2v) is 7.05. The molecule has 19 heavy (non-hydrogen) atoms. The van der Waals surface area contributed by atoms with Gasteiger partial charge in [0.2, 0.25) is 0 Å². The standard InChI is InChI=1S/C18H25N/c1-12(19-18-10-13-5-6-17(18)9-13)15-8-7-14-3-2-4-16(14)11-15/h7-8,11-13,17-19H,2-6,9-10H2,1H3. The van der Waals surface area contributed by atoms with Crippen molar-refractivity contribution >= 4 is 0 Å². The van der Waals surface area contributed by atoms with E-state index in [1.807, 2.05) is 0 Å². The Morgan fingerprint density at radius 1 is 1.11 bits per heavy atom. The van der Waals surface area contributed by atoms with Crippen LogP contribution in [0.1, 0.15) is 61.8 Å². The lowest BCUT2D eigenvalue weighted by molar-refractivity contribution is 0.327. The van der Waals surface area contributed by atoms with Crippen molar-refractivity contribution in [1.82, 2.24) is 5.32 Å². The maximum Gasteiger partial charge on any atom is 0.0294 e. The third-order valence-electron chi connectivity index (χ3n) is 5.82. The number of fused-ring (bicyclic) bond motifs is 3. The molecule has 1 N–H and O–H groups in total. The number of nitrogens with one attached hydrogen (secondary N) is 1. The van der Waals surface area contributed by atoms with Crippen LogP contribution in [0.15, 0.2) is 18.2 Å². The van der Waals surface area contributed by atoms with Gasteiger partial charge in [-0.3, -0.25) is 0 Å². The first-order chi connectivity index (χ1) is 9.29. The SMILES string of the molecule is CC(NC1CC2CCC1C2)c1ccc2c(c1)CCC2. The second kappa shape index (κ2) is 4.63. The summed E-state index contributed by atoms with van der Waals surface area (Å²) in [5.41, 5.74) is 4.71. The fourth-order valence-corrected chi connectivity index (χ4v) is 4.73. The van der Waals surface area contributed by atoms with Gasteiger partial charge in [-0.2, -0.15) is 0 Å². The maximum atomic E-state index is 3.92. The van der Waals surface area contributed by atoms with E-state index in [0.717, 1.165) is 17.9 Å². The number of hydrogen-bond acceptors (Lipinski definition) is 1. The van der Waals surface area contributed by atoms with Gasteiger partial charge in [0.05, 0.1) is 0 Å². The van der Waals surface area contributed by atoms with E-state index >= 15 is 0 Å². The normalized spacial score (nSPS) is 33.6. The summed E-state index contributed by atoms with van der Waals surface area (Å²) in [7, 11) is 0. The zero-order chi connectivity index (χ0) is 12.8. The van der Waals surface area contributed by atoms with Crippen LogP contribution in [-0.2, 0) is 12.8 Å². The molecule has 4 atom stereocenters. The molecule has 0 radical (unpaired) electrons. The Morgan fingerprint density at radius 2 is 2.00 bits per heavy atom. The zero-order valence-corrected chi connectivity index (χ0v) is 12.0. The molecule has 2 fully saturated rings. The van der Waals surface area contributed by atoms with Crippen molar-refractivity contribution in [2.24, 2.45) is 11.8 Å². The van der Waals surface area contributed by atoms with Crippen molar-refractivity contribution in [2.45, 2.75) is 64.0 Å². The molecule has 2 saturated carbocycles. The highest BCUT2D eigenvalue weighted by Crippen LogP contribution is 2.45. The smallest absolute Gasteiger partial charge is 0.0294 e. The van der Waals surface area contributed by atoms with Crippen LogP contribution in [-0.4, -0.2) is 6.04 Å². The van der Waals surface area contributed by atoms with E-state index in [2.05, 4.69) is 30.4 Å². The fourth-order valence-electron chi connectivity index (χ4n) is 4.73. The van der Waals surface area contributed by atoms with Crippen molar-refractivity contribution in [1.29, 1.82) is 0 Å². The molecule has 1 aromatic carbocycles. The highest BCUT2D eigenvalue weighted by Gasteiger charge is 2.39. The average Bonchev–Trinajstić information content (AvgIpc) is 3.13. The molecule has 4 unspecified atom stereocenters. The van der Waals surface area contributed by atoms with Crippen LogP contribution in [0.5, 0.6) is 0 Å². The van der Waals surface area contributed by atoms with Crippen molar-refractivity contribution in [3.05, 3.63) is 34.9 Å². The zero-order valence-electron chi connectivity index (χ0n) is 12.0. The third kappa shape index (κ3) is 2.12. The largest absolute Gasteiger partial charge is 0.307 e. The van der Waals surface area contributed by atoms with E-state index < -0.39 is 0 Å². The Labute approximate surface area is 116 Å². The van der Waals surface area contributed by atoms with Crippen LogP contribution < -0.4 is 5.32 Å². The van der Waals surface area contributed by atoms with Crippen LogP contribution in [0.3, 0.4) is 0 Å². The average molecular weight is 255 g/mol.